The second kappa shape index (κ2) is 7.58. The van der Waals surface area contributed by atoms with Crippen molar-refractivity contribution in [2.24, 2.45) is 0 Å². The number of piperazine rings is 1. The summed E-state index contributed by atoms with van der Waals surface area (Å²) in [6.07, 6.45) is 0. The summed E-state index contributed by atoms with van der Waals surface area (Å²) in [5.74, 6) is 1.59. The van der Waals surface area contributed by atoms with Gasteiger partial charge in [-0.25, -0.2) is 17.8 Å². The van der Waals surface area contributed by atoms with E-state index in [-0.39, 0.29) is 5.75 Å². The van der Waals surface area contributed by atoms with Crippen LogP contribution in [0.1, 0.15) is 12.5 Å². The molecule has 3 heterocycles. The maximum atomic E-state index is 12.3. The number of aryl methyl sites for hydroxylation is 1. The molecule has 2 aromatic carbocycles. The summed E-state index contributed by atoms with van der Waals surface area (Å²) in [6, 6.07) is 16.1. The van der Waals surface area contributed by atoms with Crippen LogP contribution in [0.15, 0.2) is 48.5 Å². The van der Waals surface area contributed by atoms with Gasteiger partial charge in [-0.2, -0.15) is 4.31 Å². The molecule has 0 amide bonds. The van der Waals surface area contributed by atoms with E-state index in [1.807, 2.05) is 40.8 Å². The summed E-state index contributed by atoms with van der Waals surface area (Å²) in [4.78, 5) is 7.08. The normalized spacial score (nSPS) is 15.7. The Balaban J connectivity index is 1.65. The van der Waals surface area contributed by atoms with Crippen LogP contribution in [0.2, 0.25) is 0 Å². The maximum Gasteiger partial charge on any atom is 0.213 e. The Morgan fingerprint density at radius 1 is 0.968 bits per heavy atom. The van der Waals surface area contributed by atoms with Gasteiger partial charge in [0.05, 0.1) is 11.3 Å². The highest BCUT2D eigenvalue weighted by Crippen LogP contribution is 2.29. The van der Waals surface area contributed by atoms with Crippen molar-refractivity contribution >= 4 is 32.5 Å². The summed E-state index contributed by atoms with van der Waals surface area (Å²) in [5, 5.41) is 9.97. The average molecular weight is 437 g/mol. The molecule has 0 atom stereocenters. The van der Waals surface area contributed by atoms with Crippen LogP contribution in [0.4, 0.5) is 5.95 Å². The van der Waals surface area contributed by atoms with Crippen LogP contribution < -0.4 is 4.90 Å². The summed E-state index contributed by atoms with van der Waals surface area (Å²) < 4.78 is 28.1. The Bertz CT molecular complexity index is 1370. The Labute approximate surface area is 181 Å². The molecule has 0 N–H and O–H groups in total. The molecule has 0 unspecified atom stereocenters. The molecule has 0 aliphatic carbocycles. The SMILES string of the molecule is CCS(=O)(=O)N1CCN(c2nc3ccccc3c3nnc(-c4cccc(C)c4)n23)CC1. The number of benzene rings is 2. The lowest BCUT2D eigenvalue weighted by Gasteiger charge is -2.34. The molecule has 1 aliphatic rings. The molecule has 0 spiro atoms. The smallest absolute Gasteiger partial charge is 0.213 e. The lowest BCUT2D eigenvalue weighted by atomic mass is 10.1. The van der Waals surface area contributed by atoms with Gasteiger partial charge in [0.15, 0.2) is 11.5 Å². The van der Waals surface area contributed by atoms with Gasteiger partial charge >= 0.3 is 0 Å². The van der Waals surface area contributed by atoms with Gasteiger partial charge < -0.3 is 4.90 Å². The molecule has 4 aromatic rings. The van der Waals surface area contributed by atoms with Gasteiger partial charge in [-0.3, -0.25) is 0 Å². The van der Waals surface area contributed by atoms with Gasteiger partial charge in [0.25, 0.3) is 0 Å². The molecule has 0 bridgehead atoms. The highest BCUT2D eigenvalue weighted by atomic mass is 32.2. The van der Waals surface area contributed by atoms with E-state index in [0.717, 1.165) is 39.4 Å². The second-order valence-electron chi connectivity index (χ2n) is 7.77. The molecule has 5 rings (SSSR count). The number of fused-ring (bicyclic) bond motifs is 3. The number of rotatable bonds is 4. The Morgan fingerprint density at radius 2 is 1.74 bits per heavy atom. The minimum atomic E-state index is -3.19. The molecule has 1 saturated heterocycles. The van der Waals surface area contributed by atoms with Crippen LogP contribution in [-0.2, 0) is 10.0 Å². The lowest BCUT2D eigenvalue weighted by Crippen LogP contribution is -2.49. The number of nitrogens with zero attached hydrogens (tertiary/aromatic N) is 6. The first-order valence-electron chi connectivity index (χ1n) is 10.4. The van der Waals surface area contributed by atoms with Gasteiger partial charge in [-0.15, -0.1) is 10.2 Å². The van der Waals surface area contributed by atoms with E-state index in [9.17, 15) is 8.42 Å². The average Bonchev–Trinajstić information content (AvgIpc) is 3.24. The minimum absolute atomic E-state index is 0.119. The van der Waals surface area contributed by atoms with Crippen molar-refractivity contribution in [2.45, 2.75) is 13.8 Å². The van der Waals surface area contributed by atoms with Crippen molar-refractivity contribution in [3.05, 3.63) is 54.1 Å². The third-order valence-corrected chi connectivity index (χ3v) is 7.67. The van der Waals surface area contributed by atoms with Gasteiger partial charge in [0, 0.05) is 37.1 Å². The number of aromatic nitrogens is 4. The monoisotopic (exact) mass is 436 g/mol. The summed E-state index contributed by atoms with van der Waals surface area (Å²) in [6.45, 7) is 5.73. The van der Waals surface area contributed by atoms with E-state index >= 15 is 0 Å². The molecule has 0 saturated carbocycles. The number of para-hydroxylation sites is 1. The molecule has 2 aromatic heterocycles. The molecule has 1 aliphatic heterocycles. The van der Waals surface area contributed by atoms with Crippen molar-refractivity contribution in [2.75, 3.05) is 36.8 Å². The Morgan fingerprint density at radius 3 is 2.48 bits per heavy atom. The van der Waals surface area contributed by atoms with Gasteiger partial charge in [-0.05, 0) is 32.0 Å². The molecular formula is C22H24N6O2S. The van der Waals surface area contributed by atoms with Crippen LogP contribution >= 0.6 is 0 Å². The fraction of sp³-hybridized carbons (Fsp3) is 0.318. The van der Waals surface area contributed by atoms with Crippen molar-refractivity contribution in [1.82, 2.24) is 23.9 Å². The van der Waals surface area contributed by atoms with Crippen LogP contribution in [-0.4, -0.2) is 64.2 Å². The number of hydrogen-bond donors (Lipinski definition) is 0. The summed E-state index contributed by atoms with van der Waals surface area (Å²) in [7, 11) is -3.19. The first-order chi connectivity index (χ1) is 15.0. The van der Waals surface area contributed by atoms with E-state index < -0.39 is 10.0 Å². The zero-order chi connectivity index (χ0) is 21.6. The van der Waals surface area contributed by atoms with Crippen molar-refractivity contribution in [3.63, 3.8) is 0 Å². The lowest BCUT2D eigenvalue weighted by molar-refractivity contribution is 0.383. The molecule has 31 heavy (non-hydrogen) atoms. The molecule has 9 heteroatoms. The van der Waals surface area contributed by atoms with E-state index in [2.05, 4.69) is 34.2 Å². The topological polar surface area (TPSA) is 83.7 Å². The van der Waals surface area contributed by atoms with Crippen LogP contribution in [0.5, 0.6) is 0 Å². The van der Waals surface area contributed by atoms with Gasteiger partial charge in [0.2, 0.25) is 16.0 Å². The number of hydrogen-bond acceptors (Lipinski definition) is 6. The van der Waals surface area contributed by atoms with E-state index in [1.165, 1.54) is 0 Å². The quantitative estimate of drug-likeness (QED) is 0.489. The molecule has 160 valence electrons. The number of anilines is 1. The molecule has 8 nitrogen and oxygen atoms in total. The summed E-state index contributed by atoms with van der Waals surface area (Å²) in [5.41, 5.74) is 3.71. The maximum absolute atomic E-state index is 12.3. The van der Waals surface area contributed by atoms with E-state index in [0.29, 0.717) is 26.2 Å². The second-order valence-corrected chi connectivity index (χ2v) is 10.0. The largest absolute Gasteiger partial charge is 0.339 e. The molecular weight excluding hydrogens is 412 g/mol. The van der Waals surface area contributed by atoms with E-state index in [1.54, 1.807) is 11.2 Å². The van der Waals surface area contributed by atoms with E-state index in [4.69, 9.17) is 4.98 Å². The van der Waals surface area contributed by atoms with Crippen LogP contribution in [0.3, 0.4) is 0 Å². The fourth-order valence-corrected chi connectivity index (χ4v) is 5.18. The Hall–Kier alpha value is -3.04. The highest BCUT2D eigenvalue weighted by Gasteiger charge is 2.28. The highest BCUT2D eigenvalue weighted by molar-refractivity contribution is 7.89. The van der Waals surface area contributed by atoms with Crippen molar-refractivity contribution < 1.29 is 8.42 Å². The third-order valence-electron chi connectivity index (χ3n) is 5.78. The predicted octanol–water partition coefficient (Wildman–Crippen LogP) is 2.72. The van der Waals surface area contributed by atoms with Gasteiger partial charge in [-0.1, -0.05) is 35.9 Å². The van der Waals surface area contributed by atoms with Crippen molar-refractivity contribution in [3.8, 4) is 11.4 Å². The number of sulfonamides is 1. The van der Waals surface area contributed by atoms with Crippen LogP contribution in [0.25, 0.3) is 27.9 Å². The molecule has 1 fully saturated rings. The molecule has 0 radical (unpaired) electrons. The van der Waals surface area contributed by atoms with Gasteiger partial charge in [0.1, 0.15) is 0 Å². The minimum Gasteiger partial charge on any atom is -0.339 e. The first kappa shape index (κ1) is 19.9. The zero-order valence-corrected chi connectivity index (χ0v) is 18.4. The summed E-state index contributed by atoms with van der Waals surface area (Å²) >= 11 is 0. The standard InChI is InChI=1S/C22H24N6O2S/c1-3-31(29,30)27-13-11-26(12-14-27)22-23-19-10-5-4-9-18(19)21-25-24-20(28(21)22)17-8-6-7-16(2)15-17/h4-10,15H,3,11-14H2,1-2H3. The Kier molecular flexibility index (Phi) is 4.86. The third kappa shape index (κ3) is 3.43. The first-order valence-corrected chi connectivity index (χ1v) is 12.0. The zero-order valence-electron chi connectivity index (χ0n) is 17.6. The van der Waals surface area contributed by atoms with Crippen LogP contribution in [0, 0.1) is 6.92 Å². The van der Waals surface area contributed by atoms with Crippen molar-refractivity contribution in [1.29, 1.82) is 0 Å². The predicted molar refractivity (Wildman–Crippen MR) is 122 cm³/mol. The fourth-order valence-electron chi connectivity index (χ4n) is 4.10.